The normalized spacial score (nSPS) is 11.3. The number of nitrogens with two attached hydrogens (primary N) is 1. The zero-order chi connectivity index (χ0) is 10.4. The van der Waals surface area contributed by atoms with Gasteiger partial charge < -0.3 is 10.3 Å². The molecule has 3 rings (SSSR count). The molecule has 2 N–H and O–H groups in total. The molecule has 0 spiro atoms. The van der Waals surface area contributed by atoms with Gasteiger partial charge in [0.25, 0.3) is 0 Å². The molecule has 0 radical (unpaired) electrons. The van der Waals surface area contributed by atoms with Crippen LogP contribution < -0.4 is 5.73 Å². The molecule has 0 aliphatic rings. The van der Waals surface area contributed by atoms with E-state index in [2.05, 4.69) is 21.7 Å². The number of anilines is 1. The van der Waals surface area contributed by atoms with Crippen LogP contribution in [0.1, 0.15) is 0 Å². The van der Waals surface area contributed by atoms with Gasteiger partial charge in [0.1, 0.15) is 5.65 Å². The lowest BCUT2D eigenvalue weighted by molar-refractivity contribution is 0.990. The standard InChI is InChI=1S/C12H11N3/c1-15-11-5-3-2-4-9(11)10-6-8(13)7-14-12(10)15/h2-7H,13H2,1H3. The van der Waals surface area contributed by atoms with Gasteiger partial charge in [0.05, 0.1) is 17.4 Å². The lowest BCUT2D eigenvalue weighted by atomic mass is 10.2. The number of hydrogen-bond donors (Lipinski definition) is 1. The fraction of sp³-hybridized carbons (Fsp3) is 0.0833. The highest BCUT2D eigenvalue weighted by Gasteiger charge is 2.07. The van der Waals surface area contributed by atoms with Crippen molar-refractivity contribution >= 4 is 27.6 Å². The third kappa shape index (κ3) is 1.03. The first-order chi connectivity index (χ1) is 7.27. The van der Waals surface area contributed by atoms with E-state index in [0.29, 0.717) is 5.69 Å². The molecule has 3 nitrogen and oxygen atoms in total. The molecule has 15 heavy (non-hydrogen) atoms. The van der Waals surface area contributed by atoms with Crippen molar-refractivity contribution in [1.29, 1.82) is 0 Å². The minimum absolute atomic E-state index is 0.707. The van der Waals surface area contributed by atoms with Gasteiger partial charge in [-0.05, 0) is 12.1 Å². The number of para-hydroxylation sites is 1. The highest BCUT2D eigenvalue weighted by Crippen LogP contribution is 2.27. The summed E-state index contributed by atoms with van der Waals surface area (Å²) in [7, 11) is 2.02. The van der Waals surface area contributed by atoms with Crippen LogP contribution >= 0.6 is 0 Å². The average molecular weight is 197 g/mol. The first-order valence-electron chi connectivity index (χ1n) is 4.86. The monoisotopic (exact) mass is 197 g/mol. The van der Waals surface area contributed by atoms with Crippen molar-refractivity contribution in [3.8, 4) is 0 Å². The molecule has 0 saturated heterocycles. The number of benzene rings is 1. The van der Waals surface area contributed by atoms with E-state index >= 15 is 0 Å². The summed E-state index contributed by atoms with van der Waals surface area (Å²) in [4.78, 5) is 4.36. The summed E-state index contributed by atoms with van der Waals surface area (Å²) < 4.78 is 2.09. The predicted molar refractivity (Wildman–Crippen MR) is 62.6 cm³/mol. The van der Waals surface area contributed by atoms with E-state index in [9.17, 15) is 0 Å². The van der Waals surface area contributed by atoms with Crippen LogP contribution in [0.3, 0.4) is 0 Å². The smallest absolute Gasteiger partial charge is 0.140 e. The number of aromatic nitrogens is 2. The molecule has 0 atom stereocenters. The second-order valence-electron chi connectivity index (χ2n) is 3.72. The second-order valence-corrected chi connectivity index (χ2v) is 3.72. The molecular weight excluding hydrogens is 186 g/mol. The van der Waals surface area contributed by atoms with Crippen molar-refractivity contribution in [3.63, 3.8) is 0 Å². The Morgan fingerprint density at radius 1 is 1.20 bits per heavy atom. The molecule has 0 fully saturated rings. The van der Waals surface area contributed by atoms with Gasteiger partial charge in [-0.15, -0.1) is 0 Å². The van der Waals surface area contributed by atoms with E-state index in [-0.39, 0.29) is 0 Å². The fourth-order valence-corrected chi connectivity index (χ4v) is 2.05. The van der Waals surface area contributed by atoms with Gasteiger partial charge in [0.15, 0.2) is 0 Å². The largest absolute Gasteiger partial charge is 0.397 e. The Morgan fingerprint density at radius 2 is 2.00 bits per heavy atom. The van der Waals surface area contributed by atoms with Crippen LogP contribution in [0.2, 0.25) is 0 Å². The van der Waals surface area contributed by atoms with Crippen LogP contribution in [0.15, 0.2) is 36.5 Å². The number of nitrogens with zero attached hydrogens (tertiary/aromatic N) is 2. The summed E-state index contributed by atoms with van der Waals surface area (Å²) in [6, 6.07) is 10.2. The molecule has 3 aromatic rings. The van der Waals surface area contributed by atoms with Gasteiger partial charge in [-0.2, -0.15) is 0 Å². The maximum absolute atomic E-state index is 5.75. The van der Waals surface area contributed by atoms with Gasteiger partial charge in [0.2, 0.25) is 0 Å². The Bertz CT molecular complexity index is 652. The molecule has 2 heterocycles. The molecule has 3 heteroatoms. The van der Waals surface area contributed by atoms with Crippen LogP contribution in [0.25, 0.3) is 21.9 Å². The number of rotatable bonds is 0. The third-order valence-corrected chi connectivity index (χ3v) is 2.76. The topological polar surface area (TPSA) is 43.8 Å². The zero-order valence-electron chi connectivity index (χ0n) is 8.44. The molecular formula is C12H11N3. The molecule has 74 valence electrons. The fourth-order valence-electron chi connectivity index (χ4n) is 2.05. The summed E-state index contributed by atoms with van der Waals surface area (Å²) >= 11 is 0. The summed E-state index contributed by atoms with van der Waals surface area (Å²) in [5.41, 5.74) is 8.62. The van der Waals surface area contributed by atoms with Gasteiger partial charge in [-0.1, -0.05) is 18.2 Å². The van der Waals surface area contributed by atoms with E-state index in [1.807, 2.05) is 25.2 Å². The molecule has 0 unspecified atom stereocenters. The van der Waals surface area contributed by atoms with E-state index in [0.717, 1.165) is 11.0 Å². The molecule has 0 aliphatic heterocycles. The second kappa shape index (κ2) is 2.73. The summed E-state index contributed by atoms with van der Waals surface area (Å²) in [6.45, 7) is 0. The summed E-state index contributed by atoms with van der Waals surface area (Å²) in [5.74, 6) is 0. The molecule has 0 amide bonds. The minimum atomic E-state index is 0.707. The van der Waals surface area contributed by atoms with Crippen molar-refractivity contribution in [1.82, 2.24) is 9.55 Å². The average Bonchev–Trinajstić information content (AvgIpc) is 2.54. The van der Waals surface area contributed by atoms with Crippen molar-refractivity contribution < 1.29 is 0 Å². The molecule has 0 aliphatic carbocycles. The SMILES string of the molecule is Cn1c2ccccc2c2cc(N)cnc21. The first kappa shape index (κ1) is 8.29. The highest BCUT2D eigenvalue weighted by atomic mass is 15.0. The maximum atomic E-state index is 5.75. The number of fused-ring (bicyclic) bond motifs is 3. The lowest BCUT2D eigenvalue weighted by Crippen LogP contribution is -1.90. The number of nitrogen functional groups attached to an aromatic ring is 1. The molecule has 0 saturated carbocycles. The van der Waals surface area contributed by atoms with Crippen LogP contribution in [0, 0.1) is 0 Å². The van der Waals surface area contributed by atoms with Crippen molar-refractivity contribution in [2.45, 2.75) is 0 Å². The maximum Gasteiger partial charge on any atom is 0.140 e. The van der Waals surface area contributed by atoms with E-state index in [1.165, 1.54) is 10.9 Å². The number of pyridine rings is 1. The lowest BCUT2D eigenvalue weighted by Gasteiger charge is -1.96. The Labute approximate surface area is 87.1 Å². The van der Waals surface area contributed by atoms with Gasteiger partial charge in [-0.25, -0.2) is 4.98 Å². The van der Waals surface area contributed by atoms with Crippen molar-refractivity contribution in [2.75, 3.05) is 5.73 Å². The van der Waals surface area contributed by atoms with E-state index in [1.54, 1.807) is 6.20 Å². The number of aryl methyl sites for hydroxylation is 1. The van der Waals surface area contributed by atoms with Crippen molar-refractivity contribution in [3.05, 3.63) is 36.5 Å². The van der Waals surface area contributed by atoms with E-state index < -0.39 is 0 Å². The Balaban J connectivity index is 2.64. The quantitative estimate of drug-likeness (QED) is 0.601. The van der Waals surface area contributed by atoms with Gasteiger partial charge in [0, 0.05) is 17.8 Å². The van der Waals surface area contributed by atoms with Gasteiger partial charge >= 0.3 is 0 Å². The van der Waals surface area contributed by atoms with Crippen molar-refractivity contribution in [2.24, 2.45) is 7.05 Å². The predicted octanol–water partition coefficient (Wildman–Crippen LogP) is 2.31. The van der Waals surface area contributed by atoms with Crippen LogP contribution in [0.4, 0.5) is 5.69 Å². The first-order valence-corrected chi connectivity index (χ1v) is 4.86. The minimum Gasteiger partial charge on any atom is -0.397 e. The molecule has 1 aromatic carbocycles. The summed E-state index contributed by atoms with van der Waals surface area (Å²) in [5, 5.41) is 2.32. The van der Waals surface area contributed by atoms with E-state index in [4.69, 9.17) is 5.73 Å². The Hall–Kier alpha value is -2.03. The zero-order valence-corrected chi connectivity index (χ0v) is 8.44. The third-order valence-electron chi connectivity index (χ3n) is 2.76. The highest BCUT2D eigenvalue weighted by molar-refractivity contribution is 6.07. The van der Waals surface area contributed by atoms with Crippen LogP contribution in [-0.4, -0.2) is 9.55 Å². The summed E-state index contributed by atoms with van der Waals surface area (Å²) in [6.07, 6.45) is 1.70. The Morgan fingerprint density at radius 3 is 2.87 bits per heavy atom. The Kier molecular flexibility index (Phi) is 1.51. The number of hydrogen-bond acceptors (Lipinski definition) is 2. The van der Waals surface area contributed by atoms with Gasteiger partial charge in [-0.3, -0.25) is 0 Å². The van der Waals surface area contributed by atoms with Crippen LogP contribution in [0.5, 0.6) is 0 Å². The van der Waals surface area contributed by atoms with Crippen LogP contribution in [-0.2, 0) is 7.05 Å². The molecule has 2 aromatic heterocycles. The molecule has 0 bridgehead atoms.